The van der Waals surface area contributed by atoms with E-state index in [-0.39, 0.29) is 18.5 Å². The van der Waals surface area contributed by atoms with Crippen LogP contribution in [0.4, 0.5) is 4.39 Å². The van der Waals surface area contributed by atoms with Crippen LogP contribution in [0.15, 0.2) is 17.0 Å². The Labute approximate surface area is 105 Å². The minimum atomic E-state index is -0.772. The van der Waals surface area contributed by atoms with Crippen LogP contribution in [0.5, 0.6) is 0 Å². The first-order valence-electron chi connectivity index (χ1n) is 5.43. The molecule has 96 valence electrons. The molecule has 0 heterocycles. The summed E-state index contributed by atoms with van der Waals surface area (Å²) in [4.78, 5) is 0.853. The number of benzene rings is 1. The maximum atomic E-state index is 13.4. The maximum Gasteiger partial charge on any atom is 0.126 e. The van der Waals surface area contributed by atoms with Crippen molar-refractivity contribution in [1.29, 1.82) is 0 Å². The minimum Gasteiger partial charge on any atom is -0.394 e. The van der Waals surface area contributed by atoms with E-state index in [1.807, 2.05) is 0 Å². The van der Waals surface area contributed by atoms with Gasteiger partial charge in [-0.1, -0.05) is 0 Å². The van der Waals surface area contributed by atoms with Gasteiger partial charge in [0.05, 0.1) is 12.7 Å². The molecule has 1 aromatic carbocycles. The lowest BCUT2D eigenvalue weighted by Crippen LogP contribution is -2.15. The first-order chi connectivity index (χ1) is 7.95. The number of aryl methyl sites for hydroxylation is 1. The summed E-state index contributed by atoms with van der Waals surface area (Å²) in [6.07, 6.45) is -0.772. The summed E-state index contributed by atoms with van der Waals surface area (Å²) in [7, 11) is 0. The second kappa shape index (κ2) is 6.35. The van der Waals surface area contributed by atoms with Crippen LogP contribution in [0, 0.1) is 12.7 Å². The molecule has 0 radical (unpaired) electrons. The summed E-state index contributed by atoms with van der Waals surface area (Å²) in [6, 6.07) is 2.90. The van der Waals surface area contributed by atoms with Crippen molar-refractivity contribution in [2.45, 2.75) is 30.9 Å². The Balaban J connectivity index is 2.92. The molecule has 2 unspecified atom stereocenters. The second-order valence-corrected chi connectivity index (χ2v) is 5.14. The quantitative estimate of drug-likeness (QED) is 0.703. The first-order valence-corrected chi connectivity index (χ1v) is 6.41. The average Bonchev–Trinajstić information content (AvgIpc) is 2.29. The Hall–Kier alpha value is -0.620. The van der Waals surface area contributed by atoms with Crippen molar-refractivity contribution >= 4 is 11.8 Å². The Morgan fingerprint density at radius 3 is 2.65 bits per heavy atom. The van der Waals surface area contributed by atoms with E-state index >= 15 is 0 Å². The number of aliphatic hydroxyl groups is 2. The highest BCUT2D eigenvalue weighted by atomic mass is 32.2. The van der Waals surface area contributed by atoms with Gasteiger partial charge in [-0.25, -0.2) is 4.39 Å². The lowest BCUT2D eigenvalue weighted by atomic mass is 10.1. The standard InChI is InChI=1S/C12H18FNO2S/c1-7-3-12(17-6-9(16)5-15)10(8(2)14)4-11(7)13/h3-4,8-9,15-16H,5-6,14H2,1-2H3. The Morgan fingerprint density at radius 2 is 2.12 bits per heavy atom. The smallest absolute Gasteiger partial charge is 0.126 e. The fourth-order valence-electron chi connectivity index (χ4n) is 1.39. The highest BCUT2D eigenvalue weighted by molar-refractivity contribution is 7.99. The number of hydrogen-bond donors (Lipinski definition) is 3. The zero-order valence-corrected chi connectivity index (χ0v) is 10.8. The molecular weight excluding hydrogens is 241 g/mol. The molecule has 0 bridgehead atoms. The summed E-state index contributed by atoms with van der Waals surface area (Å²) in [6.45, 7) is 3.20. The molecule has 0 spiro atoms. The molecular formula is C12H18FNO2S. The first kappa shape index (κ1) is 14.4. The van der Waals surface area contributed by atoms with Gasteiger partial charge in [0.15, 0.2) is 0 Å². The highest BCUT2D eigenvalue weighted by Crippen LogP contribution is 2.29. The fourth-order valence-corrected chi connectivity index (χ4v) is 2.54. The van der Waals surface area contributed by atoms with Crippen molar-refractivity contribution in [1.82, 2.24) is 0 Å². The van der Waals surface area contributed by atoms with E-state index in [0.29, 0.717) is 11.3 Å². The van der Waals surface area contributed by atoms with Gasteiger partial charge < -0.3 is 15.9 Å². The molecule has 3 nitrogen and oxygen atoms in total. The molecule has 4 N–H and O–H groups in total. The van der Waals surface area contributed by atoms with Crippen molar-refractivity contribution < 1.29 is 14.6 Å². The third-order valence-electron chi connectivity index (χ3n) is 2.42. The van der Waals surface area contributed by atoms with Crippen LogP contribution in [0.2, 0.25) is 0 Å². The van der Waals surface area contributed by atoms with Crippen molar-refractivity contribution in [3.05, 3.63) is 29.1 Å². The minimum absolute atomic E-state index is 0.265. The highest BCUT2D eigenvalue weighted by Gasteiger charge is 2.13. The molecule has 0 aliphatic rings. The van der Waals surface area contributed by atoms with Gasteiger partial charge in [0.1, 0.15) is 5.82 Å². The summed E-state index contributed by atoms with van der Waals surface area (Å²) >= 11 is 1.37. The summed E-state index contributed by atoms with van der Waals surface area (Å²) in [5.41, 5.74) is 7.06. The van der Waals surface area contributed by atoms with Gasteiger partial charge in [0.25, 0.3) is 0 Å². The van der Waals surface area contributed by atoms with E-state index in [4.69, 9.17) is 10.8 Å². The number of thioether (sulfide) groups is 1. The molecule has 0 aliphatic heterocycles. The zero-order valence-electron chi connectivity index (χ0n) is 9.98. The monoisotopic (exact) mass is 259 g/mol. The molecule has 2 atom stereocenters. The average molecular weight is 259 g/mol. The van der Waals surface area contributed by atoms with Crippen LogP contribution < -0.4 is 5.73 Å². The van der Waals surface area contributed by atoms with Gasteiger partial charge in [0.2, 0.25) is 0 Å². The van der Waals surface area contributed by atoms with Crippen molar-refractivity contribution in [2.75, 3.05) is 12.4 Å². The maximum absolute atomic E-state index is 13.4. The Morgan fingerprint density at radius 1 is 1.47 bits per heavy atom. The molecule has 0 aliphatic carbocycles. The van der Waals surface area contributed by atoms with Crippen LogP contribution in [0.3, 0.4) is 0 Å². The largest absolute Gasteiger partial charge is 0.394 e. The van der Waals surface area contributed by atoms with E-state index in [2.05, 4.69) is 0 Å². The third-order valence-corrected chi connectivity index (χ3v) is 3.64. The number of nitrogens with two attached hydrogens (primary N) is 1. The Bertz CT molecular complexity index is 385. The van der Waals surface area contributed by atoms with Gasteiger partial charge in [-0.2, -0.15) is 0 Å². The van der Waals surface area contributed by atoms with E-state index in [9.17, 15) is 9.50 Å². The molecule has 0 aromatic heterocycles. The lowest BCUT2D eigenvalue weighted by Gasteiger charge is -2.15. The van der Waals surface area contributed by atoms with Gasteiger partial charge in [-0.3, -0.25) is 0 Å². The lowest BCUT2D eigenvalue weighted by molar-refractivity contribution is 0.113. The van der Waals surface area contributed by atoms with Gasteiger partial charge in [-0.15, -0.1) is 11.8 Å². The topological polar surface area (TPSA) is 66.5 Å². The van der Waals surface area contributed by atoms with Gasteiger partial charge in [0, 0.05) is 16.7 Å². The molecule has 0 fully saturated rings. The number of aliphatic hydroxyl groups excluding tert-OH is 2. The molecule has 5 heteroatoms. The molecule has 0 saturated heterocycles. The summed E-state index contributed by atoms with van der Waals surface area (Å²) in [5.74, 6) is 0.0886. The summed E-state index contributed by atoms with van der Waals surface area (Å²) in [5, 5.41) is 18.0. The van der Waals surface area contributed by atoms with Crippen LogP contribution in [0.25, 0.3) is 0 Å². The van der Waals surface area contributed by atoms with Crippen molar-refractivity contribution in [2.24, 2.45) is 5.73 Å². The van der Waals surface area contributed by atoms with Crippen molar-refractivity contribution in [3.63, 3.8) is 0 Å². The van der Waals surface area contributed by atoms with E-state index < -0.39 is 6.10 Å². The van der Waals surface area contributed by atoms with Crippen LogP contribution in [-0.2, 0) is 0 Å². The van der Waals surface area contributed by atoms with Crippen LogP contribution in [0.1, 0.15) is 24.1 Å². The molecule has 1 aromatic rings. The van der Waals surface area contributed by atoms with Crippen LogP contribution >= 0.6 is 11.8 Å². The zero-order chi connectivity index (χ0) is 13.0. The number of hydrogen-bond acceptors (Lipinski definition) is 4. The second-order valence-electron chi connectivity index (χ2n) is 4.08. The number of rotatable bonds is 5. The van der Waals surface area contributed by atoms with Gasteiger partial charge >= 0.3 is 0 Å². The predicted octanol–water partition coefficient (Wildman–Crippen LogP) is 1.60. The Kier molecular flexibility index (Phi) is 5.39. The van der Waals surface area contributed by atoms with Gasteiger partial charge in [-0.05, 0) is 37.1 Å². The predicted molar refractivity (Wildman–Crippen MR) is 67.6 cm³/mol. The fraction of sp³-hybridized carbons (Fsp3) is 0.500. The molecule has 17 heavy (non-hydrogen) atoms. The SMILES string of the molecule is Cc1cc(SCC(O)CO)c(C(C)N)cc1F. The van der Waals surface area contributed by atoms with Crippen LogP contribution in [-0.4, -0.2) is 28.7 Å². The normalized spacial score (nSPS) is 14.7. The number of halogens is 1. The van der Waals surface area contributed by atoms with Crippen molar-refractivity contribution in [3.8, 4) is 0 Å². The molecule has 1 rings (SSSR count). The van der Waals surface area contributed by atoms with E-state index in [0.717, 1.165) is 10.5 Å². The summed E-state index contributed by atoms with van der Waals surface area (Å²) < 4.78 is 13.4. The molecule has 0 saturated carbocycles. The van der Waals surface area contributed by atoms with E-state index in [1.165, 1.54) is 17.8 Å². The third kappa shape index (κ3) is 3.96. The molecule has 0 amide bonds. The van der Waals surface area contributed by atoms with E-state index in [1.54, 1.807) is 19.9 Å².